The van der Waals surface area contributed by atoms with Crippen molar-refractivity contribution in [3.8, 4) is 0 Å². The lowest BCUT2D eigenvalue weighted by molar-refractivity contribution is 0.0376. The summed E-state index contributed by atoms with van der Waals surface area (Å²) in [6.07, 6.45) is 4.38. The number of aromatic nitrogens is 1. The molecule has 2 aromatic carbocycles. The molecule has 0 aliphatic carbocycles. The Morgan fingerprint density at radius 1 is 1.13 bits per heavy atom. The maximum Gasteiger partial charge on any atom is 0.260 e. The number of halogens is 1. The van der Waals surface area contributed by atoms with Gasteiger partial charge < -0.3 is 4.74 Å². The van der Waals surface area contributed by atoms with E-state index in [0.29, 0.717) is 34.3 Å². The van der Waals surface area contributed by atoms with Gasteiger partial charge in [-0.25, -0.2) is 13.4 Å². The lowest BCUT2D eigenvalue weighted by atomic mass is 10.0. The minimum atomic E-state index is -3.62. The van der Waals surface area contributed by atoms with Gasteiger partial charge >= 0.3 is 0 Å². The maximum absolute atomic E-state index is 13.8. The van der Waals surface area contributed by atoms with E-state index in [1.807, 2.05) is 19.1 Å². The average molecular weight is 591 g/mol. The molecule has 0 radical (unpaired) electrons. The fourth-order valence-electron chi connectivity index (χ4n) is 5.34. The number of benzene rings is 2. The van der Waals surface area contributed by atoms with E-state index in [4.69, 9.17) is 21.3 Å². The van der Waals surface area contributed by atoms with Crippen LogP contribution in [0.1, 0.15) is 49.4 Å². The van der Waals surface area contributed by atoms with Gasteiger partial charge in [0.25, 0.3) is 5.91 Å². The number of nitrogens with zero attached hydrogens (tertiary/aromatic N) is 4. The van der Waals surface area contributed by atoms with Crippen molar-refractivity contribution in [3.05, 3.63) is 53.1 Å². The molecule has 5 rings (SSSR count). The molecule has 210 valence electrons. The normalized spacial score (nSPS) is 19.4. The molecule has 1 atom stereocenters. The minimum Gasteiger partial charge on any atom is -0.379 e. The van der Waals surface area contributed by atoms with Crippen molar-refractivity contribution in [2.75, 3.05) is 50.8 Å². The zero-order valence-electron chi connectivity index (χ0n) is 22.2. The highest BCUT2D eigenvalue weighted by molar-refractivity contribution is 7.89. The van der Waals surface area contributed by atoms with Gasteiger partial charge in [0.2, 0.25) is 10.0 Å². The SMILES string of the molecule is CCC1CCCCN1S(=O)(=O)c1ccc(C(=O)N(CCCN2CCOCC2)c2nc3c(Cl)cccc3s2)cc1. The molecule has 3 aromatic rings. The van der Waals surface area contributed by atoms with Crippen LogP contribution in [-0.4, -0.2) is 80.5 Å². The van der Waals surface area contributed by atoms with Gasteiger partial charge in [0.1, 0.15) is 5.52 Å². The van der Waals surface area contributed by atoms with E-state index in [-0.39, 0.29) is 16.8 Å². The van der Waals surface area contributed by atoms with Gasteiger partial charge in [-0.3, -0.25) is 14.6 Å². The number of carbonyl (C=O) groups is 1. The quantitative estimate of drug-likeness (QED) is 0.338. The average Bonchev–Trinajstić information content (AvgIpc) is 3.41. The Morgan fingerprint density at radius 3 is 2.62 bits per heavy atom. The van der Waals surface area contributed by atoms with Gasteiger partial charge in [-0.15, -0.1) is 0 Å². The molecule has 2 saturated heterocycles. The summed E-state index contributed by atoms with van der Waals surface area (Å²) in [6.45, 7) is 7.13. The van der Waals surface area contributed by atoms with E-state index in [0.717, 1.165) is 69.7 Å². The Kier molecular flexibility index (Phi) is 9.20. The van der Waals surface area contributed by atoms with Gasteiger partial charge in [0.15, 0.2) is 5.13 Å². The molecule has 11 heteroatoms. The number of ether oxygens (including phenoxy) is 1. The highest BCUT2D eigenvalue weighted by atomic mass is 35.5. The van der Waals surface area contributed by atoms with E-state index >= 15 is 0 Å². The molecular formula is C28H35ClN4O4S2. The van der Waals surface area contributed by atoms with Crippen molar-refractivity contribution >= 4 is 54.2 Å². The first-order chi connectivity index (χ1) is 18.9. The number of carbonyl (C=O) groups excluding carboxylic acids is 1. The molecule has 0 bridgehead atoms. The van der Waals surface area contributed by atoms with E-state index in [9.17, 15) is 13.2 Å². The maximum atomic E-state index is 13.8. The second-order valence-corrected chi connectivity index (χ2v) is 13.4. The smallest absolute Gasteiger partial charge is 0.260 e. The second-order valence-electron chi connectivity index (χ2n) is 10.0. The van der Waals surface area contributed by atoms with Crippen LogP contribution in [0.5, 0.6) is 0 Å². The summed E-state index contributed by atoms with van der Waals surface area (Å²) < 4.78 is 34.8. The number of hydrogen-bond acceptors (Lipinski definition) is 7. The van der Waals surface area contributed by atoms with E-state index in [1.54, 1.807) is 39.5 Å². The van der Waals surface area contributed by atoms with Crippen LogP contribution in [0, 0.1) is 0 Å². The summed E-state index contributed by atoms with van der Waals surface area (Å²) in [7, 11) is -3.62. The number of piperidine rings is 1. The molecule has 0 saturated carbocycles. The van der Waals surface area contributed by atoms with Crippen molar-refractivity contribution < 1.29 is 17.9 Å². The summed E-state index contributed by atoms with van der Waals surface area (Å²) in [5, 5.41) is 1.13. The molecule has 2 fully saturated rings. The summed E-state index contributed by atoms with van der Waals surface area (Å²) in [5.41, 5.74) is 1.11. The highest BCUT2D eigenvalue weighted by Crippen LogP contribution is 2.34. The number of fused-ring (bicyclic) bond motifs is 1. The van der Waals surface area contributed by atoms with Crippen LogP contribution in [0.25, 0.3) is 10.2 Å². The van der Waals surface area contributed by atoms with E-state index in [1.165, 1.54) is 11.3 Å². The molecule has 1 amide bonds. The molecule has 8 nitrogen and oxygen atoms in total. The summed E-state index contributed by atoms with van der Waals surface area (Å²) in [5.74, 6) is -0.208. The number of morpholine rings is 1. The van der Waals surface area contributed by atoms with Gasteiger partial charge in [0, 0.05) is 44.3 Å². The van der Waals surface area contributed by atoms with Crippen molar-refractivity contribution in [2.45, 2.75) is 50.0 Å². The highest BCUT2D eigenvalue weighted by Gasteiger charge is 2.32. The van der Waals surface area contributed by atoms with Crippen LogP contribution >= 0.6 is 22.9 Å². The number of amides is 1. The third kappa shape index (κ3) is 6.31. The number of anilines is 1. The molecule has 2 aliphatic rings. The topological polar surface area (TPSA) is 83.1 Å². The Bertz CT molecular complexity index is 1390. The van der Waals surface area contributed by atoms with Gasteiger partial charge in [-0.2, -0.15) is 4.31 Å². The molecule has 1 aromatic heterocycles. The van der Waals surface area contributed by atoms with Gasteiger partial charge in [-0.1, -0.05) is 42.3 Å². The van der Waals surface area contributed by atoms with E-state index in [2.05, 4.69) is 4.90 Å². The molecular weight excluding hydrogens is 556 g/mol. The number of sulfonamides is 1. The van der Waals surface area contributed by atoms with Crippen molar-refractivity contribution in [1.29, 1.82) is 0 Å². The van der Waals surface area contributed by atoms with Crippen LogP contribution in [0.4, 0.5) is 5.13 Å². The molecule has 0 spiro atoms. The molecule has 0 N–H and O–H groups in total. The summed E-state index contributed by atoms with van der Waals surface area (Å²) >= 11 is 7.81. The molecule has 1 unspecified atom stereocenters. The Labute approximate surface area is 239 Å². The monoisotopic (exact) mass is 590 g/mol. The largest absolute Gasteiger partial charge is 0.379 e. The van der Waals surface area contributed by atoms with Crippen LogP contribution < -0.4 is 4.90 Å². The van der Waals surface area contributed by atoms with Crippen molar-refractivity contribution in [3.63, 3.8) is 0 Å². The second kappa shape index (κ2) is 12.6. The first-order valence-electron chi connectivity index (χ1n) is 13.7. The minimum absolute atomic E-state index is 0.0258. The van der Waals surface area contributed by atoms with Crippen molar-refractivity contribution in [1.82, 2.24) is 14.2 Å². The van der Waals surface area contributed by atoms with Crippen LogP contribution in [0.3, 0.4) is 0 Å². The Morgan fingerprint density at radius 2 is 1.90 bits per heavy atom. The first kappa shape index (κ1) is 28.4. The van der Waals surface area contributed by atoms with Crippen LogP contribution in [-0.2, 0) is 14.8 Å². The fraction of sp³-hybridized carbons (Fsp3) is 0.500. The zero-order chi connectivity index (χ0) is 27.4. The zero-order valence-corrected chi connectivity index (χ0v) is 24.6. The van der Waals surface area contributed by atoms with Crippen LogP contribution in [0.15, 0.2) is 47.4 Å². The standard InChI is InChI=1S/C28H35ClN4O4S2/c1-2-22-7-3-4-16-33(22)39(35,36)23-12-10-21(11-13-23)27(34)32(15-6-14-31-17-19-37-20-18-31)28-30-26-24(29)8-5-9-25(26)38-28/h5,8-13,22H,2-4,6-7,14-20H2,1H3. The third-order valence-electron chi connectivity index (χ3n) is 7.55. The summed E-state index contributed by atoms with van der Waals surface area (Å²) in [4.78, 5) is 22.8. The first-order valence-corrected chi connectivity index (χ1v) is 16.3. The summed E-state index contributed by atoms with van der Waals surface area (Å²) in [6, 6.07) is 12.0. The number of para-hydroxylation sites is 1. The lowest BCUT2D eigenvalue weighted by Gasteiger charge is -2.34. The fourth-order valence-corrected chi connectivity index (χ4v) is 8.40. The van der Waals surface area contributed by atoms with E-state index < -0.39 is 10.0 Å². The molecule has 2 aliphatic heterocycles. The third-order valence-corrected chi connectivity index (χ3v) is 10.9. The lowest BCUT2D eigenvalue weighted by Crippen LogP contribution is -2.43. The molecule has 39 heavy (non-hydrogen) atoms. The predicted octanol–water partition coefficient (Wildman–Crippen LogP) is 5.27. The Balaban J connectivity index is 1.38. The number of hydrogen-bond donors (Lipinski definition) is 0. The molecule has 3 heterocycles. The number of rotatable bonds is 9. The predicted molar refractivity (Wildman–Crippen MR) is 156 cm³/mol. The number of thiazole rings is 1. The van der Waals surface area contributed by atoms with Crippen LogP contribution in [0.2, 0.25) is 5.02 Å². The van der Waals surface area contributed by atoms with Gasteiger partial charge in [-0.05, 0) is 62.1 Å². The Hall–Kier alpha value is -2.08. The van der Waals surface area contributed by atoms with Crippen molar-refractivity contribution in [2.24, 2.45) is 0 Å². The van der Waals surface area contributed by atoms with Gasteiger partial charge in [0.05, 0.1) is 27.8 Å².